The first-order valence-electron chi connectivity index (χ1n) is 6.27. The second kappa shape index (κ2) is 5.17. The highest BCUT2D eigenvalue weighted by atomic mass is 32.1. The van der Waals surface area contributed by atoms with E-state index < -0.39 is 5.97 Å². The predicted molar refractivity (Wildman–Crippen MR) is 77.2 cm³/mol. The number of anilines is 1. The van der Waals surface area contributed by atoms with Gasteiger partial charge < -0.3 is 15.2 Å². The standard InChI is InChI=1S/C14H12N2O4S/c1-20-8-4-2-3-7(5-8)9-6-10(17)15-11-12(14(18)19)16-21-13(9)11/h2-5,9H,6H2,1H3,(H,15,17)(H,18,19). The molecule has 0 saturated heterocycles. The number of rotatable bonds is 3. The van der Waals surface area contributed by atoms with Gasteiger partial charge in [0, 0.05) is 12.3 Å². The normalized spacial score (nSPS) is 17.0. The molecule has 1 aliphatic heterocycles. The Bertz CT molecular complexity index is 726. The molecule has 1 atom stereocenters. The van der Waals surface area contributed by atoms with Crippen LogP contribution in [-0.2, 0) is 4.79 Å². The minimum absolute atomic E-state index is 0.101. The van der Waals surface area contributed by atoms with Crippen molar-refractivity contribution in [2.24, 2.45) is 0 Å². The van der Waals surface area contributed by atoms with Gasteiger partial charge in [-0.3, -0.25) is 4.79 Å². The lowest BCUT2D eigenvalue weighted by molar-refractivity contribution is -0.116. The first-order chi connectivity index (χ1) is 10.1. The number of hydrogen-bond acceptors (Lipinski definition) is 5. The Kier molecular flexibility index (Phi) is 3.34. The summed E-state index contributed by atoms with van der Waals surface area (Å²) in [7, 11) is 1.58. The van der Waals surface area contributed by atoms with Crippen LogP contribution in [0, 0.1) is 0 Å². The summed E-state index contributed by atoms with van der Waals surface area (Å²) in [6.07, 6.45) is 0.265. The van der Waals surface area contributed by atoms with Crippen molar-refractivity contribution in [1.29, 1.82) is 0 Å². The van der Waals surface area contributed by atoms with Gasteiger partial charge in [0.15, 0.2) is 5.69 Å². The van der Waals surface area contributed by atoms with Crippen molar-refractivity contribution in [2.75, 3.05) is 12.4 Å². The zero-order valence-electron chi connectivity index (χ0n) is 11.1. The average molecular weight is 304 g/mol. The molecule has 0 fully saturated rings. The molecule has 21 heavy (non-hydrogen) atoms. The fourth-order valence-corrected chi connectivity index (χ4v) is 3.35. The number of carbonyl (C=O) groups is 2. The highest BCUT2D eigenvalue weighted by Gasteiger charge is 2.33. The molecule has 0 saturated carbocycles. The number of carbonyl (C=O) groups excluding carboxylic acids is 1. The molecule has 2 aromatic rings. The largest absolute Gasteiger partial charge is 0.497 e. The Morgan fingerprint density at radius 3 is 3.05 bits per heavy atom. The van der Waals surface area contributed by atoms with E-state index in [2.05, 4.69) is 9.69 Å². The van der Waals surface area contributed by atoms with Gasteiger partial charge in [-0.05, 0) is 29.2 Å². The van der Waals surface area contributed by atoms with Gasteiger partial charge in [0.05, 0.1) is 17.7 Å². The number of methoxy groups -OCH3 is 1. The zero-order chi connectivity index (χ0) is 15.0. The number of nitrogens with one attached hydrogen (secondary N) is 1. The van der Waals surface area contributed by atoms with E-state index in [9.17, 15) is 9.59 Å². The molecule has 3 rings (SSSR count). The SMILES string of the molecule is COc1cccc(C2CC(=O)Nc3c(C(=O)O)nsc32)c1. The molecule has 0 spiro atoms. The van der Waals surface area contributed by atoms with E-state index in [1.54, 1.807) is 7.11 Å². The maximum absolute atomic E-state index is 11.9. The van der Waals surface area contributed by atoms with Crippen LogP contribution in [0.2, 0.25) is 0 Å². The van der Waals surface area contributed by atoms with Crippen LogP contribution in [0.3, 0.4) is 0 Å². The second-order valence-corrected chi connectivity index (χ2v) is 5.46. The van der Waals surface area contributed by atoms with E-state index in [1.807, 2.05) is 24.3 Å². The lowest BCUT2D eigenvalue weighted by atomic mass is 9.90. The molecule has 1 aliphatic rings. The van der Waals surface area contributed by atoms with E-state index >= 15 is 0 Å². The van der Waals surface area contributed by atoms with Crippen LogP contribution in [0.15, 0.2) is 24.3 Å². The summed E-state index contributed by atoms with van der Waals surface area (Å²) in [6.45, 7) is 0. The zero-order valence-corrected chi connectivity index (χ0v) is 11.9. The molecule has 0 bridgehead atoms. The topological polar surface area (TPSA) is 88.5 Å². The Labute approximate surface area is 124 Å². The summed E-state index contributed by atoms with van der Waals surface area (Å²) in [5.74, 6) is -0.852. The van der Waals surface area contributed by atoms with Crippen LogP contribution < -0.4 is 10.1 Å². The summed E-state index contributed by atoms with van der Waals surface area (Å²) < 4.78 is 9.14. The van der Waals surface area contributed by atoms with E-state index in [0.29, 0.717) is 11.4 Å². The lowest BCUT2D eigenvalue weighted by Gasteiger charge is -2.22. The van der Waals surface area contributed by atoms with Gasteiger partial charge >= 0.3 is 5.97 Å². The smallest absolute Gasteiger partial charge is 0.357 e. The highest BCUT2D eigenvalue weighted by Crippen LogP contribution is 2.42. The Balaban J connectivity index is 2.09. The Morgan fingerprint density at radius 1 is 1.52 bits per heavy atom. The minimum atomic E-state index is -1.14. The maximum Gasteiger partial charge on any atom is 0.357 e. The van der Waals surface area contributed by atoms with Gasteiger partial charge in [0.25, 0.3) is 0 Å². The van der Waals surface area contributed by atoms with Gasteiger partial charge in [-0.25, -0.2) is 4.79 Å². The molecule has 1 unspecified atom stereocenters. The molecule has 108 valence electrons. The van der Waals surface area contributed by atoms with E-state index in [-0.39, 0.29) is 23.9 Å². The third-order valence-electron chi connectivity index (χ3n) is 3.39. The Hall–Kier alpha value is -2.41. The van der Waals surface area contributed by atoms with Crippen LogP contribution in [0.1, 0.15) is 33.3 Å². The summed E-state index contributed by atoms with van der Waals surface area (Å²) in [5, 5.41) is 11.7. The maximum atomic E-state index is 11.9. The number of carboxylic acids is 1. The molecule has 2 N–H and O–H groups in total. The highest BCUT2D eigenvalue weighted by molar-refractivity contribution is 7.06. The van der Waals surface area contributed by atoms with Crippen molar-refractivity contribution in [3.8, 4) is 5.75 Å². The molecule has 0 radical (unpaired) electrons. The number of carboxylic acid groups (broad SMARTS) is 1. The molecule has 6 nitrogen and oxygen atoms in total. The molecule has 0 aliphatic carbocycles. The minimum Gasteiger partial charge on any atom is -0.497 e. The number of amides is 1. The number of fused-ring (bicyclic) bond motifs is 1. The monoisotopic (exact) mass is 304 g/mol. The fraction of sp³-hybridized carbons (Fsp3) is 0.214. The number of aromatic carboxylic acids is 1. The van der Waals surface area contributed by atoms with Gasteiger partial charge in [-0.15, -0.1) is 0 Å². The van der Waals surface area contributed by atoms with Crippen molar-refractivity contribution in [1.82, 2.24) is 4.37 Å². The van der Waals surface area contributed by atoms with Crippen LogP contribution in [0.4, 0.5) is 5.69 Å². The number of ether oxygens (including phenoxy) is 1. The molecule has 7 heteroatoms. The van der Waals surface area contributed by atoms with E-state index in [0.717, 1.165) is 22.0 Å². The third kappa shape index (κ3) is 2.36. The van der Waals surface area contributed by atoms with Crippen molar-refractivity contribution < 1.29 is 19.4 Å². The molecule has 1 amide bonds. The first kappa shape index (κ1) is 13.6. The lowest BCUT2D eigenvalue weighted by Crippen LogP contribution is -2.23. The average Bonchev–Trinajstić information content (AvgIpc) is 2.90. The number of nitrogens with zero attached hydrogens (tertiary/aromatic N) is 1. The van der Waals surface area contributed by atoms with Crippen molar-refractivity contribution in [3.05, 3.63) is 40.4 Å². The van der Waals surface area contributed by atoms with Crippen molar-refractivity contribution in [2.45, 2.75) is 12.3 Å². The molecule has 1 aromatic carbocycles. The summed E-state index contributed by atoms with van der Waals surface area (Å²) in [5.41, 5.74) is 1.12. The van der Waals surface area contributed by atoms with Crippen molar-refractivity contribution >= 4 is 29.1 Å². The Morgan fingerprint density at radius 2 is 2.33 bits per heavy atom. The third-order valence-corrected chi connectivity index (χ3v) is 4.35. The quantitative estimate of drug-likeness (QED) is 0.908. The van der Waals surface area contributed by atoms with Crippen molar-refractivity contribution in [3.63, 3.8) is 0 Å². The van der Waals surface area contributed by atoms with Gasteiger partial charge in [-0.2, -0.15) is 4.37 Å². The molecule has 2 heterocycles. The van der Waals surface area contributed by atoms with Crippen LogP contribution in [0.25, 0.3) is 0 Å². The van der Waals surface area contributed by atoms with Gasteiger partial charge in [0.2, 0.25) is 5.91 Å². The summed E-state index contributed by atoms with van der Waals surface area (Å²) >= 11 is 1.11. The summed E-state index contributed by atoms with van der Waals surface area (Å²) in [4.78, 5) is 23.8. The number of hydrogen-bond donors (Lipinski definition) is 2. The van der Waals surface area contributed by atoms with Gasteiger partial charge in [0.1, 0.15) is 5.75 Å². The van der Waals surface area contributed by atoms with E-state index in [1.165, 1.54) is 0 Å². The number of aromatic nitrogens is 1. The molecular formula is C14H12N2O4S. The molecular weight excluding hydrogens is 292 g/mol. The van der Waals surface area contributed by atoms with Crippen LogP contribution >= 0.6 is 11.5 Å². The number of benzene rings is 1. The fourth-order valence-electron chi connectivity index (χ4n) is 2.40. The van der Waals surface area contributed by atoms with Crippen LogP contribution in [-0.4, -0.2) is 28.5 Å². The first-order valence-corrected chi connectivity index (χ1v) is 7.04. The van der Waals surface area contributed by atoms with Gasteiger partial charge in [-0.1, -0.05) is 12.1 Å². The predicted octanol–water partition coefficient (Wildman–Crippen LogP) is 2.32. The second-order valence-electron chi connectivity index (χ2n) is 4.66. The summed E-state index contributed by atoms with van der Waals surface area (Å²) in [6, 6.07) is 7.42. The van der Waals surface area contributed by atoms with E-state index in [4.69, 9.17) is 9.84 Å². The molecule has 1 aromatic heterocycles. The van der Waals surface area contributed by atoms with Crippen LogP contribution in [0.5, 0.6) is 5.75 Å².